The van der Waals surface area contributed by atoms with Gasteiger partial charge in [-0.05, 0) is 37.5 Å². The maximum absolute atomic E-state index is 14.3. The molecule has 0 spiro atoms. The molecule has 0 heterocycles. The minimum absolute atomic E-state index is 0.0259. The summed E-state index contributed by atoms with van der Waals surface area (Å²) in [7, 11) is 1.40. The molecule has 0 aliphatic carbocycles. The second kappa shape index (κ2) is 7.73. The number of halogens is 3. The number of carboxylic acid groups (broad SMARTS) is 1. The highest BCUT2D eigenvalue weighted by molar-refractivity contribution is 7.18. The molecule has 0 fully saturated rings. The van der Waals surface area contributed by atoms with Gasteiger partial charge in [-0.25, -0.2) is 9.18 Å². The fourth-order valence-corrected chi connectivity index (χ4v) is 2.18. The molecule has 3 nitrogen and oxygen atoms in total. The van der Waals surface area contributed by atoms with Crippen molar-refractivity contribution < 1.29 is 23.1 Å². The average molecular weight is 345 g/mol. The first-order chi connectivity index (χ1) is 10.6. The maximum atomic E-state index is 14.3. The molecule has 7 heteroatoms. The van der Waals surface area contributed by atoms with E-state index in [1.807, 2.05) is 6.92 Å². The number of nitrogens with zero attached hydrogens (tertiary/aromatic N) is 1. The Morgan fingerprint density at radius 2 is 2.09 bits per heavy atom. The van der Waals surface area contributed by atoms with Gasteiger partial charge in [-0.2, -0.15) is 8.78 Å². The van der Waals surface area contributed by atoms with Crippen molar-refractivity contribution in [1.29, 1.82) is 0 Å². The first-order valence-electron chi connectivity index (χ1n) is 7.07. The topological polar surface area (TPSA) is 49.7 Å². The summed E-state index contributed by atoms with van der Waals surface area (Å²) < 4.78 is 41.3. The smallest absolute Gasteiger partial charge is 0.335 e. The molecule has 0 aliphatic rings. The Hall–Kier alpha value is -1.68. The Morgan fingerprint density at radius 3 is 2.48 bits per heavy atom. The van der Waals surface area contributed by atoms with Crippen molar-refractivity contribution in [2.24, 2.45) is 10.9 Å². The maximum Gasteiger partial charge on any atom is 0.335 e. The highest BCUT2D eigenvalue weighted by atomic mass is 31.0. The van der Waals surface area contributed by atoms with Crippen LogP contribution in [0, 0.1) is 11.7 Å². The Kier molecular flexibility index (Phi) is 6.51. The predicted molar refractivity (Wildman–Crippen MR) is 87.8 cm³/mol. The molecule has 1 aromatic carbocycles. The van der Waals surface area contributed by atoms with E-state index in [2.05, 4.69) is 4.99 Å². The minimum Gasteiger partial charge on any atom is -0.478 e. The largest absolute Gasteiger partial charge is 0.478 e. The molecule has 0 radical (unpaired) electrons. The minimum atomic E-state index is -3.23. The van der Waals surface area contributed by atoms with Crippen LogP contribution in [-0.4, -0.2) is 22.5 Å². The van der Waals surface area contributed by atoms with Crippen molar-refractivity contribution in [3.63, 3.8) is 0 Å². The number of hydrogen-bond acceptors (Lipinski definition) is 2. The number of aliphatic imine (C=N–C) groups is 1. The molecule has 1 N–H and O–H groups in total. The van der Waals surface area contributed by atoms with E-state index < -0.39 is 23.1 Å². The van der Waals surface area contributed by atoms with Gasteiger partial charge in [-0.1, -0.05) is 29.2 Å². The Bertz CT molecular complexity index is 651. The van der Waals surface area contributed by atoms with Crippen LogP contribution >= 0.6 is 9.24 Å². The lowest BCUT2D eigenvalue weighted by Gasteiger charge is -2.18. The van der Waals surface area contributed by atoms with Gasteiger partial charge in [0.05, 0.1) is 11.3 Å². The molecule has 1 rings (SSSR count). The fourth-order valence-electron chi connectivity index (χ4n) is 1.95. The van der Waals surface area contributed by atoms with Crippen molar-refractivity contribution in [2.45, 2.75) is 32.9 Å². The first-order valence-corrected chi connectivity index (χ1v) is 7.64. The van der Waals surface area contributed by atoms with Gasteiger partial charge in [-0.15, -0.1) is 0 Å². The van der Waals surface area contributed by atoms with Crippen LogP contribution < -0.4 is 0 Å². The van der Waals surface area contributed by atoms with Crippen LogP contribution in [-0.2, 0) is 0 Å². The molecule has 1 aromatic rings. The van der Waals surface area contributed by atoms with Crippen molar-refractivity contribution in [2.75, 3.05) is 0 Å². The van der Waals surface area contributed by atoms with E-state index in [9.17, 15) is 18.0 Å². The van der Waals surface area contributed by atoms with Crippen LogP contribution in [0.25, 0.3) is 0 Å². The Balaban J connectivity index is 3.47. The van der Waals surface area contributed by atoms with Crippen LogP contribution in [0.1, 0.15) is 43.1 Å². The van der Waals surface area contributed by atoms with E-state index in [-0.39, 0.29) is 22.8 Å². The molecule has 2 unspecified atom stereocenters. The van der Waals surface area contributed by atoms with Crippen molar-refractivity contribution >= 4 is 20.9 Å². The SMILES string of the molecule is C/C=C(\N=C(c1ccc(C(=O)O)cc1F)C(C)CC)C(F)(F)P. The molecule has 0 amide bonds. The lowest BCUT2D eigenvalue weighted by molar-refractivity contribution is 0.0696. The average Bonchev–Trinajstić information content (AvgIpc) is 2.46. The van der Waals surface area contributed by atoms with E-state index in [0.717, 1.165) is 6.07 Å². The molecular weight excluding hydrogens is 326 g/mol. The summed E-state index contributed by atoms with van der Waals surface area (Å²) in [6, 6.07) is 3.36. The molecule has 0 saturated heterocycles. The zero-order valence-corrected chi connectivity index (χ0v) is 14.3. The second-order valence-electron chi connectivity index (χ2n) is 5.10. The van der Waals surface area contributed by atoms with Gasteiger partial charge in [-0.3, -0.25) is 4.99 Å². The third kappa shape index (κ3) is 4.90. The second-order valence-corrected chi connectivity index (χ2v) is 5.83. The predicted octanol–water partition coefficient (Wildman–Crippen LogP) is 4.73. The highest BCUT2D eigenvalue weighted by Gasteiger charge is 2.28. The van der Waals surface area contributed by atoms with Crippen molar-refractivity contribution in [3.8, 4) is 0 Å². The van der Waals surface area contributed by atoms with Gasteiger partial charge in [0.2, 0.25) is 0 Å². The van der Waals surface area contributed by atoms with Gasteiger partial charge in [0.25, 0.3) is 5.66 Å². The molecule has 2 atom stereocenters. The summed E-state index contributed by atoms with van der Waals surface area (Å²) in [6.07, 6.45) is 1.73. The van der Waals surface area contributed by atoms with E-state index in [1.165, 1.54) is 34.4 Å². The first kappa shape index (κ1) is 19.4. The number of carboxylic acids is 1. The zero-order chi connectivity index (χ0) is 17.8. The molecule has 0 aliphatic heterocycles. The van der Waals surface area contributed by atoms with Gasteiger partial charge in [0.1, 0.15) is 11.5 Å². The third-order valence-corrected chi connectivity index (χ3v) is 3.72. The van der Waals surface area contributed by atoms with Gasteiger partial charge in [0, 0.05) is 5.56 Å². The Labute approximate surface area is 135 Å². The summed E-state index contributed by atoms with van der Waals surface area (Å²) in [5.41, 5.74) is -3.74. The van der Waals surface area contributed by atoms with E-state index in [4.69, 9.17) is 5.11 Å². The molecule has 0 aromatic heterocycles. The number of carbonyl (C=O) groups is 1. The fraction of sp³-hybridized carbons (Fsp3) is 0.375. The van der Waals surface area contributed by atoms with Crippen LogP contribution in [0.15, 0.2) is 35.0 Å². The van der Waals surface area contributed by atoms with Crippen LogP contribution in [0.2, 0.25) is 0 Å². The Morgan fingerprint density at radius 1 is 1.48 bits per heavy atom. The standard InChI is InChI=1S/C16H19F3NO2P/c1-4-9(3)14(20-13(5-2)16(18,19)23)11-7-6-10(15(21)22)8-12(11)17/h5-9H,4,23H2,1-3H3,(H,21,22)/b13-5-,20-14?. The van der Waals surface area contributed by atoms with Crippen LogP contribution in [0.5, 0.6) is 0 Å². The van der Waals surface area contributed by atoms with Crippen molar-refractivity contribution in [1.82, 2.24) is 0 Å². The quantitative estimate of drug-likeness (QED) is 0.598. The molecule has 126 valence electrons. The molecule has 0 bridgehead atoms. The van der Waals surface area contributed by atoms with E-state index in [0.29, 0.717) is 6.42 Å². The van der Waals surface area contributed by atoms with Crippen LogP contribution in [0.4, 0.5) is 13.2 Å². The number of benzene rings is 1. The summed E-state index contributed by atoms with van der Waals surface area (Å²) in [4.78, 5) is 14.8. The number of alkyl halides is 2. The third-order valence-electron chi connectivity index (χ3n) is 3.43. The van der Waals surface area contributed by atoms with Gasteiger partial charge < -0.3 is 5.11 Å². The normalized spacial score (nSPS) is 14.7. The number of aromatic carboxylic acids is 1. The van der Waals surface area contributed by atoms with Crippen LogP contribution in [0.3, 0.4) is 0 Å². The number of rotatable bonds is 6. The summed E-state index contributed by atoms with van der Waals surface area (Å²) >= 11 is 0. The van der Waals surface area contributed by atoms with Crippen molar-refractivity contribution in [3.05, 3.63) is 46.9 Å². The summed E-state index contributed by atoms with van der Waals surface area (Å²) in [5, 5.41) is 8.88. The molecular formula is C16H19F3NO2P. The number of hydrogen-bond donors (Lipinski definition) is 1. The highest BCUT2D eigenvalue weighted by Crippen LogP contribution is 2.33. The van der Waals surface area contributed by atoms with Gasteiger partial charge >= 0.3 is 5.97 Å². The monoisotopic (exact) mass is 345 g/mol. The summed E-state index contributed by atoms with van der Waals surface area (Å²) in [6.45, 7) is 5.00. The van der Waals surface area contributed by atoms with E-state index in [1.54, 1.807) is 6.92 Å². The van der Waals surface area contributed by atoms with Gasteiger partial charge in [0.15, 0.2) is 0 Å². The summed E-state index contributed by atoms with van der Waals surface area (Å²) in [5.74, 6) is -2.34. The lowest BCUT2D eigenvalue weighted by Crippen LogP contribution is -2.18. The number of allylic oxidation sites excluding steroid dienone is 2. The molecule has 23 heavy (non-hydrogen) atoms. The molecule has 0 saturated carbocycles. The lowest BCUT2D eigenvalue weighted by atomic mass is 9.94. The zero-order valence-electron chi connectivity index (χ0n) is 13.1. The van der Waals surface area contributed by atoms with E-state index >= 15 is 0 Å².